The number of ether oxygens (including phenoxy) is 1. The van der Waals surface area contributed by atoms with Crippen LogP contribution in [-0.4, -0.2) is 49.2 Å². The second-order valence-corrected chi connectivity index (χ2v) is 6.73. The molecule has 0 unspecified atom stereocenters. The average molecular weight is 280 g/mol. The molecule has 0 spiro atoms. The number of hydrogen-bond acceptors (Lipinski definition) is 3. The summed E-state index contributed by atoms with van der Waals surface area (Å²) in [6.45, 7) is 4.70. The van der Waals surface area contributed by atoms with Gasteiger partial charge in [0.1, 0.15) is 5.54 Å². The Kier molecular flexibility index (Phi) is 4.61. The maximum Gasteiger partial charge on any atom is 0.240 e. The van der Waals surface area contributed by atoms with Crippen LogP contribution in [0.5, 0.6) is 0 Å². The Labute approximate surface area is 122 Å². The Hall–Kier alpha value is -0.610. The molecule has 0 aromatic heterocycles. The Bertz CT molecular complexity index is 327. The molecule has 3 aliphatic rings. The smallest absolute Gasteiger partial charge is 0.240 e. The summed E-state index contributed by atoms with van der Waals surface area (Å²) >= 11 is 0. The fourth-order valence-electron chi connectivity index (χ4n) is 4.11. The van der Waals surface area contributed by atoms with Crippen molar-refractivity contribution in [2.24, 2.45) is 5.92 Å². The van der Waals surface area contributed by atoms with Crippen LogP contribution in [0.3, 0.4) is 0 Å². The van der Waals surface area contributed by atoms with Crippen LogP contribution in [0, 0.1) is 5.92 Å². The van der Waals surface area contributed by atoms with Crippen molar-refractivity contribution in [2.45, 2.75) is 56.9 Å². The van der Waals surface area contributed by atoms with E-state index in [1.54, 1.807) is 0 Å². The molecule has 0 bridgehead atoms. The largest absolute Gasteiger partial charge is 0.381 e. The minimum Gasteiger partial charge on any atom is -0.381 e. The zero-order valence-electron chi connectivity index (χ0n) is 12.5. The summed E-state index contributed by atoms with van der Waals surface area (Å²) in [4.78, 5) is 15.3. The lowest BCUT2D eigenvalue weighted by atomic mass is 9.79. The third kappa shape index (κ3) is 2.86. The molecule has 1 aliphatic carbocycles. The van der Waals surface area contributed by atoms with E-state index in [0.717, 1.165) is 52.1 Å². The lowest BCUT2D eigenvalue weighted by molar-refractivity contribution is -0.135. The Morgan fingerprint density at radius 2 is 1.90 bits per heavy atom. The molecule has 1 amide bonds. The lowest BCUT2D eigenvalue weighted by Gasteiger charge is -2.43. The second-order valence-electron chi connectivity index (χ2n) is 6.73. The van der Waals surface area contributed by atoms with Crippen molar-refractivity contribution in [1.29, 1.82) is 0 Å². The molecule has 20 heavy (non-hydrogen) atoms. The summed E-state index contributed by atoms with van der Waals surface area (Å²) < 4.78 is 5.40. The molecule has 2 saturated heterocycles. The van der Waals surface area contributed by atoms with Gasteiger partial charge in [-0.15, -0.1) is 0 Å². The molecule has 1 saturated carbocycles. The topological polar surface area (TPSA) is 41.6 Å². The molecule has 2 aliphatic heterocycles. The van der Waals surface area contributed by atoms with E-state index < -0.39 is 0 Å². The molecular weight excluding hydrogens is 252 g/mol. The lowest BCUT2D eigenvalue weighted by Crippen LogP contribution is -2.59. The Morgan fingerprint density at radius 3 is 2.55 bits per heavy atom. The van der Waals surface area contributed by atoms with Crippen LogP contribution in [-0.2, 0) is 9.53 Å². The zero-order valence-corrected chi connectivity index (χ0v) is 12.5. The van der Waals surface area contributed by atoms with Crippen molar-refractivity contribution in [3.63, 3.8) is 0 Å². The van der Waals surface area contributed by atoms with Crippen LogP contribution in [0.15, 0.2) is 0 Å². The van der Waals surface area contributed by atoms with Gasteiger partial charge in [-0.2, -0.15) is 0 Å². The van der Waals surface area contributed by atoms with Gasteiger partial charge in [0.05, 0.1) is 6.61 Å². The van der Waals surface area contributed by atoms with E-state index >= 15 is 0 Å². The molecule has 0 aromatic rings. The highest BCUT2D eigenvalue weighted by Crippen LogP contribution is 2.36. The van der Waals surface area contributed by atoms with Gasteiger partial charge in [0.15, 0.2) is 0 Å². The predicted octanol–water partition coefficient (Wildman–Crippen LogP) is 1.94. The number of carbonyl (C=O) groups excluding carboxylic acids is 1. The summed E-state index contributed by atoms with van der Waals surface area (Å²) in [5.74, 6) is 0.823. The normalized spacial score (nSPS) is 30.5. The first-order valence-corrected chi connectivity index (χ1v) is 8.42. The minimum atomic E-state index is -0.186. The van der Waals surface area contributed by atoms with Gasteiger partial charge in [-0.1, -0.05) is 19.3 Å². The molecule has 3 fully saturated rings. The Morgan fingerprint density at radius 1 is 1.15 bits per heavy atom. The van der Waals surface area contributed by atoms with E-state index in [9.17, 15) is 4.79 Å². The van der Waals surface area contributed by atoms with Crippen LogP contribution in [0.25, 0.3) is 0 Å². The number of likely N-dealkylation sites (tertiary alicyclic amines) is 1. The van der Waals surface area contributed by atoms with Crippen molar-refractivity contribution < 1.29 is 9.53 Å². The number of nitrogens with zero attached hydrogens (tertiary/aromatic N) is 1. The van der Waals surface area contributed by atoms with Gasteiger partial charge in [0.2, 0.25) is 5.91 Å². The fraction of sp³-hybridized carbons (Fsp3) is 0.938. The zero-order chi connectivity index (χ0) is 13.8. The summed E-state index contributed by atoms with van der Waals surface area (Å²) in [5, 5.41) is 3.25. The summed E-state index contributed by atoms with van der Waals surface area (Å²) in [6, 6.07) is 0. The number of hydrogen-bond donors (Lipinski definition) is 1. The first kappa shape index (κ1) is 14.3. The summed E-state index contributed by atoms with van der Waals surface area (Å²) in [6.07, 6.45) is 9.42. The highest BCUT2D eigenvalue weighted by Gasteiger charge is 2.45. The van der Waals surface area contributed by atoms with Crippen LogP contribution < -0.4 is 5.32 Å². The third-order valence-corrected chi connectivity index (χ3v) is 5.39. The van der Waals surface area contributed by atoms with Gasteiger partial charge >= 0.3 is 0 Å². The van der Waals surface area contributed by atoms with E-state index in [1.807, 2.05) is 0 Å². The number of rotatable bonds is 4. The molecular formula is C16H28N2O2. The summed E-state index contributed by atoms with van der Waals surface area (Å²) in [5.41, 5.74) is -0.186. The van der Waals surface area contributed by atoms with Crippen LogP contribution >= 0.6 is 0 Å². The quantitative estimate of drug-likeness (QED) is 0.855. The molecule has 4 nitrogen and oxygen atoms in total. The standard InChI is InChI=1S/C16H28N2O2/c19-15(17-12-14-6-11-20-13-14)16(7-2-1-3-8-16)18-9-4-5-10-18/h14H,1-13H2,(H,17,19)/t14-/m0/s1. The van der Waals surface area contributed by atoms with Crippen molar-refractivity contribution >= 4 is 5.91 Å². The molecule has 114 valence electrons. The predicted molar refractivity (Wildman–Crippen MR) is 78.6 cm³/mol. The van der Waals surface area contributed by atoms with Crippen LogP contribution in [0.1, 0.15) is 51.4 Å². The highest BCUT2D eigenvalue weighted by atomic mass is 16.5. The van der Waals surface area contributed by atoms with E-state index in [2.05, 4.69) is 10.2 Å². The van der Waals surface area contributed by atoms with Crippen LogP contribution in [0.2, 0.25) is 0 Å². The molecule has 2 heterocycles. The van der Waals surface area contributed by atoms with E-state index in [-0.39, 0.29) is 5.54 Å². The minimum absolute atomic E-state index is 0.186. The maximum atomic E-state index is 12.9. The molecule has 1 atom stereocenters. The van der Waals surface area contributed by atoms with Gasteiger partial charge < -0.3 is 10.1 Å². The van der Waals surface area contributed by atoms with Gasteiger partial charge in [0.25, 0.3) is 0 Å². The molecule has 1 N–H and O–H groups in total. The van der Waals surface area contributed by atoms with Crippen molar-refractivity contribution in [1.82, 2.24) is 10.2 Å². The molecule has 0 aromatic carbocycles. The van der Waals surface area contributed by atoms with Crippen molar-refractivity contribution in [3.8, 4) is 0 Å². The van der Waals surface area contributed by atoms with Crippen molar-refractivity contribution in [2.75, 3.05) is 32.8 Å². The molecule has 3 rings (SSSR count). The highest BCUT2D eigenvalue weighted by molar-refractivity contribution is 5.86. The Balaban J connectivity index is 1.62. The van der Waals surface area contributed by atoms with Gasteiger partial charge in [-0.25, -0.2) is 0 Å². The molecule has 0 radical (unpaired) electrons. The van der Waals surface area contributed by atoms with Crippen LogP contribution in [0.4, 0.5) is 0 Å². The number of carbonyl (C=O) groups is 1. The van der Waals surface area contributed by atoms with E-state index in [0.29, 0.717) is 11.8 Å². The maximum absolute atomic E-state index is 12.9. The van der Waals surface area contributed by atoms with Gasteiger partial charge in [-0.3, -0.25) is 9.69 Å². The average Bonchev–Trinajstić information content (AvgIpc) is 3.18. The summed E-state index contributed by atoms with van der Waals surface area (Å²) in [7, 11) is 0. The monoisotopic (exact) mass is 280 g/mol. The SMILES string of the molecule is O=C(NC[C@@H]1CCOC1)C1(N2CCCC2)CCCCC1. The van der Waals surface area contributed by atoms with E-state index in [1.165, 1.54) is 32.1 Å². The first-order chi connectivity index (χ1) is 9.81. The van der Waals surface area contributed by atoms with E-state index in [4.69, 9.17) is 4.74 Å². The third-order valence-electron chi connectivity index (χ3n) is 5.39. The van der Waals surface area contributed by atoms with Gasteiger partial charge in [-0.05, 0) is 45.2 Å². The van der Waals surface area contributed by atoms with Gasteiger partial charge in [0, 0.05) is 19.1 Å². The van der Waals surface area contributed by atoms with Crippen molar-refractivity contribution in [3.05, 3.63) is 0 Å². The first-order valence-electron chi connectivity index (χ1n) is 8.42. The second kappa shape index (κ2) is 6.44. The fourth-order valence-corrected chi connectivity index (χ4v) is 4.11. The number of nitrogens with one attached hydrogen (secondary N) is 1. The molecule has 4 heteroatoms. The number of amides is 1.